The zero-order chi connectivity index (χ0) is 22.9. The molecule has 6 rings (SSSR count). The number of ether oxygens (including phenoxy) is 1. The first-order chi connectivity index (χ1) is 15.9. The Labute approximate surface area is 198 Å². The summed E-state index contributed by atoms with van der Waals surface area (Å²) in [6, 6.07) is 19.0. The normalized spacial score (nSPS) is 27.5. The van der Waals surface area contributed by atoms with Gasteiger partial charge in [0.15, 0.2) is 0 Å². The summed E-state index contributed by atoms with van der Waals surface area (Å²) in [5.74, 6) is -0.978. The van der Waals surface area contributed by atoms with Crippen LogP contribution in [0.4, 0.5) is 10.1 Å². The quantitative estimate of drug-likeness (QED) is 0.487. The van der Waals surface area contributed by atoms with E-state index in [0.29, 0.717) is 18.0 Å². The lowest BCUT2D eigenvalue weighted by atomic mass is 9.73. The van der Waals surface area contributed by atoms with Crippen molar-refractivity contribution in [1.82, 2.24) is 4.90 Å². The van der Waals surface area contributed by atoms with Crippen LogP contribution in [0.3, 0.4) is 0 Å². The molecule has 7 heteroatoms. The van der Waals surface area contributed by atoms with Gasteiger partial charge in [-0.3, -0.25) is 9.59 Å². The SMILES string of the molecule is C[C@@]12C(=O)Nc3ccc(F)cc3C(=O)N1[C@H]1c3cc(Br)ccc3OC[C@@H]1[C@@H]2c1ccccc1. The van der Waals surface area contributed by atoms with E-state index in [-0.39, 0.29) is 29.2 Å². The number of hydrogen-bond acceptors (Lipinski definition) is 3. The van der Waals surface area contributed by atoms with E-state index in [2.05, 4.69) is 21.2 Å². The van der Waals surface area contributed by atoms with Gasteiger partial charge in [-0.25, -0.2) is 4.39 Å². The molecule has 3 aromatic carbocycles. The molecule has 5 nitrogen and oxygen atoms in total. The Morgan fingerprint density at radius 2 is 1.88 bits per heavy atom. The molecule has 1 saturated heterocycles. The van der Waals surface area contributed by atoms with E-state index in [1.807, 2.05) is 55.5 Å². The third-order valence-corrected chi connectivity index (χ3v) is 7.73. The van der Waals surface area contributed by atoms with Crippen molar-refractivity contribution in [2.45, 2.75) is 24.4 Å². The van der Waals surface area contributed by atoms with Gasteiger partial charge in [-0.1, -0.05) is 46.3 Å². The van der Waals surface area contributed by atoms with Crippen LogP contribution >= 0.6 is 15.9 Å². The van der Waals surface area contributed by atoms with Crippen molar-refractivity contribution < 1.29 is 18.7 Å². The fraction of sp³-hybridized carbons (Fsp3) is 0.231. The highest BCUT2D eigenvalue weighted by Crippen LogP contribution is 2.60. The highest BCUT2D eigenvalue weighted by molar-refractivity contribution is 9.10. The first kappa shape index (κ1) is 20.4. The number of rotatable bonds is 1. The average molecular weight is 507 g/mol. The van der Waals surface area contributed by atoms with E-state index in [9.17, 15) is 14.0 Å². The number of carbonyl (C=O) groups is 2. The lowest BCUT2D eigenvalue weighted by Gasteiger charge is -2.38. The van der Waals surface area contributed by atoms with Crippen LogP contribution in [0, 0.1) is 11.7 Å². The highest BCUT2D eigenvalue weighted by Gasteiger charge is 2.65. The second-order valence-electron chi connectivity index (χ2n) is 8.96. The van der Waals surface area contributed by atoms with E-state index < -0.39 is 17.4 Å². The second-order valence-corrected chi connectivity index (χ2v) is 9.87. The molecule has 0 spiro atoms. The van der Waals surface area contributed by atoms with Gasteiger partial charge in [-0.15, -0.1) is 0 Å². The molecule has 3 aliphatic rings. The summed E-state index contributed by atoms with van der Waals surface area (Å²) in [6.07, 6.45) is 0. The molecule has 2 amide bonds. The minimum Gasteiger partial charge on any atom is -0.493 e. The fourth-order valence-electron chi connectivity index (χ4n) is 5.86. The summed E-state index contributed by atoms with van der Waals surface area (Å²) in [7, 11) is 0. The summed E-state index contributed by atoms with van der Waals surface area (Å²) in [6.45, 7) is 2.18. The smallest absolute Gasteiger partial charge is 0.257 e. The lowest BCUT2D eigenvalue weighted by Crippen LogP contribution is -2.54. The maximum Gasteiger partial charge on any atom is 0.257 e. The van der Waals surface area contributed by atoms with Crippen LogP contribution < -0.4 is 10.1 Å². The van der Waals surface area contributed by atoms with Gasteiger partial charge in [-0.2, -0.15) is 0 Å². The van der Waals surface area contributed by atoms with Gasteiger partial charge >= 0.3 is 0 Å². The summed E-state index contributed by atoms with van der Waals surface area (Å²) in [5.41, 5.74) is 1.07. The predicted molar refractivity (Wildman–Crippen MR) is 125 cm³/mol. The summed E-state index contributed by atoms with van der Waals surface area (Å²) < 4.78 is 21.2. The van der Waals surface area contributed by atoms with Crippen molar-refractivity contribution in [2.75, 3.05) is 11.9 Å². The van der Waals surface area contributed by atoms with Gasteiger partial charge in [-0.05, 0) is 48.9 Å². The monoisotopic (exact) mass is 506 g/mol. The molecule has 1 fully saturated rings. The molecule has 33 heavy (non-hydrogen) atoms. The average Bonchev–Trinajstić information content (AvgIpc) is 3.06. The van der Waals surface area contributed by atoms with E-state index in [0.717, 1.165) is 15.6 Å². The van der Waals surface area contributed by atoms with E-state index in [4.69, 9.17) is 4.74 Å². The zero-order valence-corrected chi connectivity index (χ0v) is 19.3. The van der Waals surface area contributed by atoms with Gasteiger partial charge in [0, 0.05) is 21.9 Å². The summed E-state index contributed by atoms with van der Waals surface area (Å²) in [4.78, 5) is 29.6. The number of nitrogens with zero attached hydrogens (tertiary/aromatic N) is 1. The molecule has 3 aromatic rings. The van der Waals surface area contributed by atoms with Crippen molar-refractivity contribution >= 4 is 33.4 Å². The van der Waals surface area contributed by atoms with Crippen LogP contribution in [0.25, 0.3) is 0 Å². The number of benzene rings is 3. The Hall–Kier alpha value is -3.19. The minimum absolute atomic E-state index is 0.155. The van der Waals surface area contributed by atoms with Crippen molar-refractivity contribution in [3.05, 3.63) is 93.7 Å². The maximum absolute atomic E-state index is 14.2. The molecule has 0 bridgehead atoms. The molecule has 166 valence electrons. The first-order valence-electron chi connectivity index (χ1n) is 10.8. The predicted octanol–water partition coefficient (Wildman–Crippen LogP) is 5.29. The van der Waals surface area contributed by atoms with Crippen molar-refractivity contribution in [3.63, 3.8) is 0 Å². The molecular weight excluding hydrogens is 487 g/mol. The van der Waals surface area contributed by atoms with Crippen LogP contribution in [0.5, 0.6) is 5.75 Å². The molecule has 0 aliphatic carbocycles. The zero-order valence-electron chi connectivity index (χ0n) is 17.7. The molecule has 3 aliphatic heterocycles. The van der Waals surface area contributed by atoms with Gasteiger partial charge in [0.1, 0.15) is 17.1 Å². The van der Waals surface area contributed by atoms with E-state index in [1.165, 1.54) is 18.2 Å². The number of fused-ring (bicyclic) bond motifs is 6. The number of halogens is 2. The van der Waals surface area contributed by atoms with Gasteiger partial charge in [0.05, 0.1) is 23.9 Å². The maximum atomic E-state index is 14.2. The number of hydrogen-bond donors (Lipinski definition) is 1. The lowest BCUT2D eigenvalue weighted by molar-refractivity contribution is -0.125. The van der Waals surface area contributed by atoms with E-state index >= 15 is 0 Å². The Morgan fingerprint density at radius 1 is 1.09 bits per heavy atom. The largest absolute Gasteiger partial charge is 0.493 e. The van der Waals surface area contributed by atoms with Crippen LogP contribution in [0.15, 0.2) is 71.2 Å². The third-order valence-electron chi connectivity index (χ3n) is 7.24. The van der Waals surface area contributed by atoms with Crippen LogP contribution in [0.1, 0.15) is 40.4 Å². The van der Waals surface area contributed by atoms with Gasteiger partial charge in [0.2, 0.25) is 0 Å². The van der Waals surface area contributed by atoms with E-state index in [1.54, 1.807) is 4.90 Å². The molecule has 1 N–H and O–H groups in total. The summed E-state index contributed by atoms with van der Waals surface area (Å²) in [5, 5.41) is 2.92. The first-order valence-corrected chi connectivity index (χ1v) is 11.6. The second kappa shape index (κ2) is 7.15. The highest BCUT2D eigenvalue weighted by atomic mass is 79.9. The number of carbonyl (C=O) groups excluding carboxylic acids is 2. The topological polar surface area (TPSA) is 58.6 Å². The molecule has 0 radical (unpaired) electrons. The fourth-order valence-corrected chi connectivity index (χ4v) is 6.23. The molecule has 0 saturated carbocycles. The Kier molecular flexibility index (Phi) is 4.43. The van der Waals surface area contributed by atoms with Crippen LogP contribution in [-0.2, 0) is 4.79 Å². The number of amides is 2. The Balaban J connectivity index is 1.64. The molecular formula is C26H20BrFN2O3. The Morgan fingerprint density at radius 3 is 2.67 bits per heavy atom. The van der Waals surface area contributed by atoms with Crippen LogP contribution in [-0.4, -0.2) is 28.9 Å². The third kappa shape index (κ3) is 2.81. The number of nitrogens with one attached hydrogen (secondary N) is 1. The molecule has 0 unspecified atom stereocenters. The molecule has 3 heterocycles. The van der Waals surface area contributed by atoms with Gasteiger partial charge < -0.3 is 15.0 Å². The van der Waals surface area contributed by atoms with Crippen molar-refractivity contribution in [1.29, 1.82) is 0 Å². The van der Waals surface area contributed by atoms with Crippen molar-refractivity contribution in [2.24, 2.45) is 5.92 Å². The standard InChI is InChI=1S/C26H20BrFN2O3/c1-26-22(14-5-3-2-4-6-14)19-13-33-21-10-7-15(27)11-18(21)23(19)30(26)24(31)17-12-16(28)8-9-20(17)29-25(26)32/h2-12,19,22-23H,13H2,1H3,(H,29,32)/t19-,22+,23+,26-/m1/s1. The Bertz CT molecular complexity index is 1310. The van der Waals surface area contributed by atoms with Gasteiger partial charge in [0.25, 0.3) is 11.8 Å². The molecule has 4 atom stereocenters. The molecule has 0 aromatic heterocycles. The number of anilines is 1. The summed E-state index contributed by atoms with van der Waals surface area (Å²) >= 11 is 3.54. The van der Waals surface area contributed by atoms with Crippen LogP contribution in [0.2, 0.25) is 0 Å². The minimum atomic E-state index is -1.21. The van der Waals surface area contributed by atoms with Crippen molar-refractivity contribution in [3.8, 4) is 5.75 Å².